The van der Waals surface area contributed by atoms with Gasteiger partial charge in [-0.3, -0.25) is 0 Å². The SMILES string of the molecule is Cc1ccc(C)c2[cH-]ccc12.[Hf+4]. The molecular formula is C11H11Hf+3. The van der Waals surface area contributed by atoms with E-state index in [9.17, 15) is 0 Å². The van der Waals surface area contributed by atoms with Crippen molar-refractivity contribution in [1.29, 1.82) is 0 Å². The molecule has 12 heavy (non-hydrogen) atoms. The first-order valence-electron chi connectivity index (χ1n) is 3.90. The topological polar surface area (TPSA) is 0 Å². The molecule has 0 saturated carbocycles. The van der Waals surface area contributed by atoms with Crippen molar-refractivity contribution in [2.24, 2.45) is 0 Å². The van der Waals surface area contributed by atoms with E-state index in [-0.39, 0.29) is 25.8 Å². The third-order valence-corrected chi connectivity index (χ3v) is 2.25. The van der Waals surface area contributed by atoms with Gasteiger partial charge in [0, 0.05) is 0 Å². The number of fused-ring (bicyclic) bond motifs is 1. The van der Waals surface area contributed by atoms with Gasteiger partial charge in [0.2, 0.25) is 0 Å². The molecule has 0 aliphatic heterocycles. The molecule has 2 rings (SSSR count). The summed E-state index contributed by atoms with van der Waals surface area (Å²) in [6.07, 6.45) is 0. The molecule has 0 nitrogen and oxygen atoms in total. The molecule has 2 aromatic rings. The van der Waals surface area contributed by atoms with Crippen LogP contribution in [0.5, 0.6) is 0 Å². The van der Waals surface area contributed by atoms with Crippen molar-refractivity contribution in [3.05, 3.63) is 41.5 Å². The van der Waals surface area contributed by atoms with Crippen LogP contribution in [0, 0.1) is 13.8 Å². The van der Waals surface area contributed by atoms with Crippen molar-refractivity contribution in [2.45, 2.75) is 13.8 Å². The van der Waals surface area contributed by atoms with Crippen LogP contribution in [-0.4, -0.2) is 0 Å². The Hall–Kier alpha value is -0.300. The standard InChI is InChI=1S/C11H11.Hf/c1-8-6-7-9(2)11-5-3-4-10(8)11;/h3-7H,1-2H3;/q-1;+4. The second kappa shape index (κ2) is 3.61. The van der Waals surface area contributed by atoms with E-state index in [0.717, 1.165) is 0 Å². The Morgan fingerprint density at radius 3 is 2.33 bits per heavy atom. The fourth-order valence-corrected chi connectivity index (χ4v) is 1.54. The summed E-state index contributed by atoms with van der Waals surface area (Å²) in [5, 5.41) is 2.79. The monoisotopic (exact) mass is 323 g/mol. The Morgan fingerprint density at radius 2 is 1.67 bits per heavy atom. The van der Waals surface area contributed by atoms with E-state index in [1.165, 1.54) is 21.9 Å². The van der Waals surface area contributed by atoms with Crippen molar-refractivity contribution >= 4 is 10.8 Å². The largest absolute Gasteiger partial charge is 4.00 e. The van der Waals surface area contributed by atoms with Gasteiger partial charge in [-0.15, -0.1) is 28.5 Å². The van der Waals surface area contributed by atoms with E-state index in [2.05, 4.69) is 44.2 Å². The van der Waals surface area contributed by atoms with Gasteiger partial charge in [-0.25, -0.2) is 0 Å². The van der Waals surface area contributed by atoms with Crippen molar-refractivity contribution in [2.75, 3.05) is 0 Å². The third kappa shape index (κ3) is 1.42. The molecule has 2 aromatic carbocycles. The Balaban J connectivity index is 0.000000720. The van der Waals surface area contributed by atoms with Gasteiger partial charge in [-0.2, -0.15) is 12.1 Å². The fraction of sp³-hybridized carbons (Fsp3) is 0.182. The predicted molar refractivity (Wildman–Crippen MR) is 49.0 cm³/mol. The molecule has 0 bridgehead atoms. The summed E-state index contributed by atoms with van der Waals surface area (Å²) in [5.41, 5.74) is 2.74. The molecule has 0 unspecified atom stereocenters. The van der Waals surface area contributed by atoms with Crippen LogP contribution >= 0.6 is 0 Å². The van der Waals surface area contributed by atoms with Gasteiger partial charge in [0.25, 0.3) is 0 Å². The summed E-state index contributed by atoms with van der Waals surface area (Å²) >= 11 is 0. The number of hydrogen-bond acceptors (Lipinski definition) is 0. The van der Waals surface area contributed by atoms with Gasteiger partial charge in [0.15, 0.2) is 0 Å². The summed E-state index contributed by atoms with van der Waals surface area (Å²) in [6.45, 7) is 4.31. The zero-order valence-electron chi connectivity index (χ0n) is 7.39. The van der Waals surface area contributed by atoms with Gasteiger partial charge < -0.3 is 0 Å². The molecular weight excluding hydrogens is 311 g/mol. The minimum absolute atomic E-state index is 0. The molecule has 0 fully saturated rings. The first kappa shape index (κ1) is 9.79. The zero-order valence-corrected chi connectivity index (χ0v) is 11.0. The number of benzene rings is 1. The van der Waals surface area contributed by atoms with Crippen LogP contribution in [0.4, 0.5) is 0 Å². The van der Waals surface area contributed by atoms with Crippen LogP contribution in [0.25, 0.3) is 10.8 Å². The summed E-state index contributed by atoms with van der Waals surface area (Å²) in [6, 6.07) is 10.8. The molecule has 1 heteroatoms. The van der Waals surface area contributed by atoms with Gasteiger partial charge in [-0.05, 0) is 6.92 Å². The van der Waals surface area contributed by atoms with Gasteiger partial charge in [0.1, 0.15) is 0 Å². The molecule has 0 amide bonds. The third-order valence-electron chi connectivity index (χ3n) is 2.25. The van der Waals surface area contributed by atoms with Crippen LogP contribution in [0.15, 0.2) is 30.3 Å². The molecule has 0 aliphatic carbocycles. The van der Waals surface area contributed by atoms with E-state index < -0.39 is 0 Å². The Morgan fingerprint density at radius 1 is 1.00 bits per heavy atom. The van der Waals surface area contributed by atoms with Crippen molar-refractivity contribution in [3.8, 4) is 0 Å². The van der Waals surface area contributed by atoms with Crippen LogP contribution in [0.3, 0.4) is 0 Å². The van der Waals surface area contributed by atoms with Crippen LogP contribution in [0.2, 0.25) is 0 Å². The van der Waals surface area contributed by atoms with E-state index in [0.29, 0.717) is 0 Å². The molecule has 0 aromatic heterocycles. The molecule has 0 aliphatic rings. The Labute approximate surface area is 91.7 Å². The van der Waals surface area contributed by atoms with E-state index in [4.69, 9.17) is 0 Å². The first-order valence-corrected chi connectivity index (χ1v) is 3.90. The molecule has 0 atom stereocenters. The van der Waals surface area contributed by atoms with Gasteiger partial charge >= 0.3 is 25.8 Å². The fourth-order valence-electron chi connectivity index (χ4n) is 1.54. The minimum atomic E-state index is 0. The van der Waals surface area contributed by atoms with Crippen molar-refractivity contribution in [1.82, 2.24) is 0 Å². The summed E-state index contributed by atoms with van der Waals surface area (Å²) < 4.78 is 0. The first-order chi connectivity index (χ1) is 5.29. The normalized spacial score (nSPS) is 9.83. The average Bonchev–Trinajstić information content (AvgIpc) is 2.45. The zero-order chi connectivity index (χ0) is 7.84. The van der Waals surface area contributed by atoms with Crippen molar-refractivity contribution in [3.63, 3.8) is 0 Å². The summed E-state index contributed by atoms with van der Waals surface area (Å²) in [7, 11) is 0. The summed E-state index contributed by atoms with van der Waals surface area (Å²) in [4.78, 5) is 0. The minimum Gasteiger partial charge on any atom is -0.168 e. The molecule has 0 radical (unpaired) electrons. The number of aryl methyl sites for hydroxylation is 2. The molecule has 0 spiro atoms. The van der Waals surface area contributed by atoms with Gasteiger partial charge in [-0.1, -0.05) is 18.6 Å². The van der Waals surface area contributed by atoms with E-state index >= 15 is 0 Å². The van der Waals surface area contributed by atoms with Crippen molar-refractivity contribution < 1.29 is 25.8 Å². The number of hydrogen-bond donors (Lipinski definition) is 0. The predicted octanol–water partition coefficient (Wildman–Crippen LogP) is 3.17. The molecule has 0 heterocycles. The van der Waals surface area contributed by atoms with E-state index in [1.54, 1.807) is 0 Å². The smallest absolute Gasteiger partial charge is 0.168 e. The molecule has 0 saturated heterocycles. The van der Waals surface area contributed by atoms with Gasteiger partial charge in [0.05, 0.1) is 0 Å². The Kier molecular flexibility index (Phi) is 2.94. The maximum atomic E-state index is 2.18. The number of rotatable bonds is 0. The maximum Gasteiger partial charge on any atom is 4.00 e. The second-order valence-electron chi connectivity index (χ2n) is 3.05. The summed E-state index contributed by atoms with van der Waals surface area (Å²) in [5.74, 6) is 0. The molecule has 0 N–H and O–H groups in total. The maximum absolute atomic E-state index is 2.18. The average molecular weight is 322 g/mol. The Bertz CT molecular complexity index is 349. The van der Waals surface area contributed by atoms with Crippen LogP contribution < -0.4 is 0 Å². The molecule has 56 valence electrons. The second-order valence-corrected chi connectivity index (χ2v) is 3.05. The quantitative estimate of drug-likeness (QED) is 0.516. The van der Waals surface area contributed by atoms with Crippen LogP contribution in [-0.2, 0) is 25.8 Å². The van der Waals surface area contributed by atoms with Crippen LogP contribution in [0.1, 0.15) is 11.1 Å². The van der Waals surface area contributed by atoms with E-state index in [1.807, 2.05) is 0 Å².